The van der Waals surface area contributed by atoms with Gasteiger partial charge in [-0.1, -0.05) is 18.6 Å². The first-order chi connectivity index (χ1) is 10.8. The van der Waals surface area contributed by atoms with Crippen LogP contribution in [-0.4, -0.2) is 25.3 Å². The highest BCUT2D eigenvalue weighted by Crippen LogP contribution is 2.26. The molecule has 0 heterocycles. The van der Waals surface area contributed by atoms with Gasteiger partial charge in [-0.3, -0.25) is 4.79 Å². The van der Waals surface area contributed by atoms with Crippen molar-refractivity contribution in [3.8, 4) is 11.5 Å². The Morgan fingerprint density at radius 1 is 1.09 bits per heavy atom. The van der Waals surface area contributed by atoms with Crippen LogP contribution in [0.1, 0.15) is 51.9 Å². The molecule has 1 saturated carbocycles. The predicted octanol–water partition coefficient (Wildman–Crippen LogP) is 4.12. The summed E-state index contributed by atoms with van der Waals surface area (Å²) in [6.45, 7) is 3.04. The average Bonchev–Trinajstić information content (AvgIpc) is 2.54. The van der Waals surface area contributed by atoms with E-state index in [1.807, 2.05) is 31.2 Å². The van der Waals surface area contributed by atoms with Gasteiger partial charge in [-0.2, -0.15) is 0 Å². The molecule has 0 aromatic heterocycles. The van der Waals surface area contributed by atoms with Gasteiger partial charge in [0.2, 0.25) is 0 Å². The van der Waals surface area contributed by atoms with E-state index in [0.29, 0.717) is 26.1 Å². The number of carbonyl (C=O) groups excluding carboxylic acids is 1. The van der Waals surface area contributed by atoms with E-state index in [0.717, 1.165) is 24.3 Å². The van der Waals surface area contributed by atoms with Crippen LogP contribution in [0.3, 0.4) is 0 Å². The monoisotopic (exact) mass is 306 g/mol. The summed E-state index contributed by atoms with van der Waals surface area (Å²) < 4.78 is 16.7. The molecule has 0 spiro atoms. The van der Waals surface area contributed by atoms with Gasteiger partial charge < -0.3 is 14.2 Å². The van der Waals surface area contributed by atoms with Crippen LogP contribution in [0.2, 0.25) is 0 Å². The molecule has 0 saturated heterocycles. The Labute approximate surface area is 132 Å². The maximum Gasteiger partial charge on any atom is 0.306 e. The molecule has 0 radical (unpaired) electrons. The Morgan fingerprint density at radius 2 is 1.77 bits per heavy atom. The Kier molecular flexibility index (Phi) is 7.07. The minimum atomic E-state index is -0.103. The van der Waals surface area contributed by atoms with Crippen LogP contribution in [0.25, 0.3) is 0 Å². The lowest BCUT2D eigenvalue weighted by molar-refractivity contribution is -0.150. The van der Waals surface area contributed by atoms with Gasteiger partial charge in [-0.05, 0) is 51.2 Å². The van der Waals surface area contributed by atoms with Gasteiger partial charge in [0.05, 0.1) is 13.2 Å². The largest absolute Gasteiger partial charge is 0.490 e. The molecule has 1 fully saturated rings. The Morgan fingerprint density at radius 3 is 2.45 bits per heavy atom. The number of ether oxygens (including phenoxy) is 3. The van der Waals surface area contributed by atoms with Crippen LogP contribution in [0.5, 0.6) is 11.5 Å². The lowest BCUT2D eigenvalue weighted by Gasteiger charge is -2.21. The van der Waals surface area contributed by atoms with Crippen molar-refractivity contribution in [3.63, 3.8) is 0 Å². The minimum Gasteiger partial charge on any atom is -0.490 e. The zero-order valence-electron chi connectivity index (χ0n) is 13.4. The summed E-state index contributed by atoms with van der Waals surface area (Å²) in [5.74, 6) is 1.37. The van der Waals surface area contributed by atoms with Crippen LogP contribution in [0, 0.1) is 0 Å². The van der Waals surface area contributed by atoms with Crippen LogP contribution >= 0.6 is 0 Å². The Bertz CT molecular complexity index is 452. The molecule has 1 aliphatic rings. The van der Waals surface area contributed by atoms with E-state index < -0.39 is 0 Å². The second-order valence-electron chi connectivity index (χ2n) is 5.58. The fourth-order valence-corrected chi connectivity index (χ4v) is 2.67. The zero-order chi connectivity index (χ0) is 15.6. The van der Waals surface area contributed by atoms with Crippen molar-refractivity contribution in [2.24, 2.45) is 0 Å². The molecular formula is C18H26O4. The summed E-state index contributed by atoms with van der Waals surface area (Å²) in [6, 6.07) is 7.59. The number of hydrogen-bond acceptors (Lipinski definition) is 4. The topological polar surface area (TPSA) is 44.8 Å². The number of carbonyl (C=O) groups is 1. The van der Waals surface area contributed by atoms with Crippen LogP contribution in [-0.2, 0) is 9.53 Å². The summed E-state index contributed by atoms with van der Waals surface area (Å²) in [6.07, 6.45) is 6.86. The second kappa shape index (κ2) is 9.34. The lowest BCUT2D eigenvalue weighted by atomic mass is 9.98. The van der Waals surface area contributed by atoms with E-state index in [2.05, 4.69) is 0 Å². The summed E-state index contributed by atoms with van der Waals surface area (Å²) in [4.78, 5) is 11.8. The van der Waals surface area contributed by atoms with Gasteiger partial charge in [-0.15, -0.1) is 0 Å². The van der Waals surface area contributed by atoms with E-state index in [-0.39, 0.29) is 12.1 Å². The standard InChI is InChI=1S/C18H26O4/c1-2-20-16-11-6-7-12-17(16)21-14-8-13-18(19)22-15-9-4-3-5-10-15/h6-7,11-12,15H,2-5,8-10,13-14H2,1H3. The van der Waals surface area contributed by atoms with Crippen molar-refractivity contribution in [2.75, 3.05) is 13.2 Å². The summed E-state index contributed by atoms with van der Waals surface area (Å²) >= 11 is 0. The van der Waals surface area contributed by atoms with E-state index in [4.69, 9.17) is 14.2 Å². The number of hydrogen-bond donors (Lipinski definition) is 0. The molecule has 0 atom stereocenters. The number of esters is 1. The number of benzene rings is 1. The van der Waals surface area contributed by atoms with Crippen molar-refractivity contribution >= 4 is 5.97 Å². The van der Waals surface area contributed by atoms with Crippen molar-refractivity contribution in [3.05, 3.63) is 24.3 Å². The molecule has 2 rings (SSSR count). The molecule has 22 heavy (non-hydrogen) atoms. The third kappa shape index (κ3) is 5.58. The quantitative estimate of drug-likeness (QED) is 0.535. The Balaban J connectivity index is 1.65. The van der Waals surface area contributed by atoms with Crippen LogP contribution in [0.4, 0.5) is 0 Å². The highest BCUT2D eigenvalue weighted by atomic mass is 16.5. The third-order valence-corrected chi connectivity index (χ3v) is 3.78. The molecule has 0 aliphatic heterocycles. The van der Waals surface area contributed by atoms with E-state index in [9.17, 15) is 4.79 Å². The molecule has 0 unspecified atom stereocenters. The lowest BCUT2D eigenvalue weighted by Crippen LogP contribution is -2.21. The van der Waals surface area contributed by atoms with Gasteiger partial charge in [0.25, 0.3) is 0 Å². The molecule has 0 amide bonds. The number of rotatable bonds is 8. The molecule has 1 aromatic rings. The van der Waals surface area contributed by atoms with E-state index in [1.165, 1.54) is 19.3 Å². The first kappa shape index (κ1) is 16.7. The molecule has 1 aromatic carbocycles. The maximum absolute atomic E-state index is 11.8. The molecule has 1 aliphatic carbocycles. The predicted molar refractivity (Wildman–Crippen MR) is 85.3 cm³/mol. The van der Waals surface area contributed by atoms with Gasteiger partial charge in [0.15, 0.2) is 11.5 Å². The first-order valence-corrected chi connectivity index (χ1v) is 8.33. The third-order valence-electron chi connectivity index (χ3n) is 3.78. The fraction of sp³-hybridized carbons (Fsp3) is 0.611. The second-order valence-corrected chi connectivity index (χ2v) is 5.58. The maximum atomic E-state index is 11.8. The normalized spacial score (nSPS) is 15.3. The van der Waals surface area contributed by atoms with E-state index >= 15 is 0 Å². The SMILES string of the molecule is CCOc1ccccc1OCCCC(=O)OC1CCCCC1. The summed E-state index contributed by atoms with van der Waals surface area (Å²) in [5, 5.41) is 0. The van der Waals surface area contributed by atoms with Gasteiger partial charge in [0.1, 0.15) is 6.10 Å². The van der Waals surface area contributed by atoms with E-state index in [1.54, 1.807) is 0 Å². The van der Waals surface area contributed by atoms with Gasteiger partial charge in [0, 0.05) is 6.42 Å². The van der Waals surface area contributed by atoms with Crippen LogP contribution < -0.4 is 9.47 Å². The molecule has 4 nitrogen and oxygen atoms in total. The van der Waals surface area contributed by atoms with Crippen molar-refractivity contribution in [1.29, 1.82) is 0 Å². The fourth-order valence-electron chi connectivity index (χ4n) is 2.67. The van der Waals surface area contributed by atoms with Crippen LogP contribution in [0.15, 0.2) is 24.3 Å². The van der Waals surface area contributed by atoms with Crippen molar-refractivity contribution < 1.29 is 19.0 Å². The molecule has 4 heteroatoms. The highest BCUT2D eigenvalue weighted by Gasteiger charge is 2.17. The van der Waals surface area contributed by atoms with Crippen molar-refractivity contribution in [1.82, 2.24) is 0 Å². The first-order valence-electron chi connectivity index (χ1n) is 8.33. The van der Waals surface area contributed by atoms with Gasteiger partial charge >= 0.3 is 5.97 Å². The number of para-hydroxylation sites is 2. The molecular weight excluding hydrogens is 280 g/mol. The summed E-state index contributed by atoms with van der Waals surface area (Å²) in [7, 11) is 0. The smallest absolute Gasteiger partial charge is 0.306 e. The Hall–Kier alpha value is -1.71. The molecule has 0 N–H and O–H groups in total. The average molecular weight is 306 g/mol. The zero-order valence-corrected chi connectivity index (χ0v) is 13.4. The molecule has 122 valence electrons. The highest BCUT2D eigenvalue weighted by molar-refractivity contribution is 5.69. The van der Waals surface area contributed by atoms with Gasteiger partial charge in [-0.25, -0.2) is 0 Å². The van der Waals surface area contributed by atoms with Crippen molar-refractivity contribution in [2.45, 2.75) is 58.0 Å². The molecule has 0 bridgehead atoms. The summed E-state index contributed by atoms with van der Waals surface area (Å²) in [5.41, 5.74) is 0. The minimum absolute atomic E-state index is 0.103.